The zero-order valence-corrected chi connectivity index (χ0v) is 15.2. The summed E-state index contributed by atoms with van der Waals surface area (Å²) in [6, 6.07) is 4.96. The maximum atomic E-state index is 12.5. The highest BCUT2D eigenvalue weighted by molar-refractivity contribution is 6.06. The minimum Gasteiger partial charge on any atom is -0.309 e. The van der Waals surface area contributed by atoms with Gasteiger partial charge in [0.2, 0.25) is 5.91 Å². The first kappa shape index (κ1) is 19.7. The number of anilines is 2. The Morgan fingerprint density at radius 2 is 2.11 bits per heavy atom. The van der Waals surface area contributed by atoms with Gasteiger partial charge in [0.1, 0.15) is 6.54 Å². The Morgan fingerprint density at radius 3 is 2.79 bits per heavy atom. The van der Waals surface area contributed by atoms with Crippen LogP contribution in [0.1, 0.15) is 27.9 Å². The SMILES string of the molecule is C=CC(=O)N1CCCc2cc(C(=O)Nc3nn(CC(F)(F)F)cc3C)ccc21. The van der Waals surface area contributed by atoms with E-state index in [1.54, 1.807) is 30.0 Å². The first-order valence-corrected chi connectivity index (χ1v) is 8.67. The van der Waals surface area contributed by atoms with Crippen molar-refractivity contribution in [3.8, 4) is 0 Å². The lowest BCUT2D eigenvalue weighted by Gasteiger charge is -2.28. The van der Waals surface area contributed by atoms with Crippen molar-refractivity contribution in [2.45, 2.75) is 32.5 Å². The van der Waals surface area contributed by atoms with Gasteiger partial charge in [0.25, 0.3) is 5.91 Å². The maximum absolute atomic E-state index is 12.5. The fraction of sp³-hybridized carbons (Fsp3) is 0.316. The molecule has 0 spiro atoms. The van der Waals surface area contributed by atoms with Crippen molar-refractivity contribution in [1.29, 1.82) is 0 Å². The number of hydrogen-bond acceptors (Lipinski definition) is 3. The van der Waals surface area contributed by atoms with Gasteiger partial charge in [0.15, 0.2) is 5.82 Å². The minimum atomic E-state index is -4.40. The summed E-state index contributed by atoms with van der Waals surface area (Å²) in [5.74, 6) is -0.602. The first-order valence-electron chi connectivity index (χ1n) is 8.67. The van der Waals surface area contributed by atoms with Crippen molar-refractivity contribution in [2.75, 3.05) is 16.8 Å². The topological polar surface area (TPSA) is 67.2 Å². The third-order valence-electron chi connectivity index (χ3n) is 4.42. The monoisotopic (exact) mass is 392 g/mol. The highest BCUT2D eigenvalue weighted by atomic mass is 19.4. The summed E-state index contributed by atoms with van der Waals surface area (Å²) in [6.45, 7) is 4.43. The zero-order chi connectivity index (χ0) is 20.5. The summed E-state index contributed by atoms with van der Waals surface area (Å²) in [7, 11) is 0. The van der Waals surface area contributed by atoms with Crippen LogP contribution >= 0.6 is 0 Å². The Morgan fingerprint density at radius 1 is 1.36 bits per heavy atom. The predicted octanol–water partition coefficient (Wildman–Crippen LogP) is 3.47. The fourth-order valence-corrected chi connectivity index (χ4v) is 3.17. The van der Waals surface area contributed by atoms with E-state index in [1.807, 2.05) is 0 Å². The van der Waals surface area contributed by atoms with E-state index in [-0.39, 0.29) is 11.7 Å². The van der Waals surface area contributed by atoms with E-state index in [4.69, 9.17) is 0 Å². The number of rotatable bonds is 4. The largest absolute Gasteiger partial charge is 0.408 e. The lowest BCUT2D eigenvalue weighted by atomic mass is 9.98. The number of aromatic nitrogens is 2. The highest BCUT2D eigenvalue weighted by Gasteiger charge is 2.29. The molecule has 1 aliphatic heterocycles. The molecule has 0 saturated carbocycles. The molecule has 1 N–H and O–H groups in total. The lowest BCUT2D eigenvalue weighted by molar-refractivity contribution is -0.142. The third kappa shape index (κ3) is 4.24. The molecule has 0 bridgehead atoms. The number of benzene rings is 1. The van der Waals surface area contributed by atoms with Gasteiger partial charge in [-0.05, 0) is 49.6 Å². The summed E-state index contributed by atoms with van der Waals surface area (Å²) in [6.07, 6.45) is -0.438. The molecule has 0 saturated heterocycles. The van der Waals surface area contributed by atoms with Gasteiger partial charge >= 0.3 is 6.18 Å². The number of halogens is 3. The van der Waals surface area contributed by atoms with E-state index in [2.05, 4.69) is 17.0 Å². The normalized spacial score (nSPS) is 13.8. The van der Waals surface area contributed by atoms with Crippen molar-refractivity contribution in [2.24, 2.45) is 0 Å². The van der Waals surface area contributed by atoms with Crippen LogP contribution in [0.5, 0.6) is 0 Å². The molecule has 148 valence electrons. The molecule has 9 heteroatoms. The zero-order valence-electron chi connectivity index (χ0n) is 15.2. The molecule has 28 heavy (non-hydrogen) atoms. The van der Waals surface area contributed by atoms with E-state index in [1.165, 1.54) is 12.3 Å². The number of aryl methyl sites for hydroxylation is 2. The molecule has 2 heterocycles. The summed E-state index contributed by atoms with van der Waals surface area (Å²) in [5, 5.41) is 6.34. The molecule has 0 unspecified atom stereocenters. The molecule has 0 atom stereocenters. The summed E-state index contributed by atoms with van der Waals surface area (Å²) < 4.78 is 38.3. The molecule has 1 aliphatic rings. The Kier molecular flexibility index (Phi) is 5.26. The quantitative estimate of drug-likeness (QED) is 0.811. The van der Waals surface area contributed by atoms with Crippen LogP contribution < -0.4 is 10.2 Å². The van der Waals surface area contributed by atoms with E-state index in [0.717, 1.165) is 28.8 Å². The summed E-state index contributed by atoms with van der Waals surface area (Å²) in [4.78, 5) is 26.1. The maximum Gasteiger partial charge on any atom is 0.408 e. The van der Waals surface area contributed by atoms with Crippen LogP contribution in [0.2, 0.25) is 0 Å². The third-order valence-corrected chi connectivity index (χ3v) is 4.42. The van der Waals surface area contributed by atoms with Crippen molar-refractivity contribution in [3.63, 3.8) is 0 Å². The molecular weight excluding hydrogens is 373 g/mol. The van der Waals surface area contributed by atoms with Crippen molar-refractivity contribution in [3.05, 3.63) is 53.7 Å². The first-order chi connectivity index (χ1) is 13.2. The van der Waals surface area contributed by atoms with Gasteiger partial charge in [-0.2, -0.15) is 18.3 Å². The number of carbonyl (C=O) groups is 2. The molecule has 3 rings (SSSR count). The smallest absolute Gasteiger partial charge is 0.309 e. The molecule has 0 aliphatic carbocycles. The summed E-state index contributed by atoms with van der Waals surface area (Å²) >= 11 is 0. The second-order valence-electron chi connectivity index (χ2n) is 6.57. The Bertz CT molecular complexity index is 934. The van der Waals surface area contributed by atoms with Crippen LogP contribution in [-0.2, 0) is 17.8 Å². The second-order valence-corrected chi connectivity index (χ2v) is 6.57. The molecule has 2 aromatic rings. The molecule has 6 nitrogen and oxygen atoms in total. The van der Waals surface area contributed by atoms with Crippen LogP contribution in [0.15, 0.2) is 37.1 Å². The van der Waals surface area contributed by atoms with Gasteiger partial charge in [0, 0.05) is 29.6 Å². The number of nitrogens with zero attached hydrogens (tertiary/aromatic N) is 3. The Hall–Kier alpha value is -3.10. The van der Waals surface area contributed by atoms with Gasteiger partial charge in [-0.15, -0.1) is 0 Å². The van der Waals surface area contributed by atoms with Gasteiger partial charge in [-0.1, -0.05) is 6.58 Å². The number of hydrogen-bond donors (Lipinski definition) is 1. The lowest BCUT2D eigenvalue weighted by Crippen LogP contribution is -2.34. The van der Waals surface area contributed by atoms with Gasteiger partial charge < -0.3 is 10.2 Å². The molecule has 0 fully saturated rings. The number of alkyl halides is 3. The standard InChI is InChI=1S/C19H19F3N4O2/c1-3-16(27)26-8-4-5-13-9-14(6-7-15(13)26)18(28)23-17-12(2)10-25(24-17)11-19(20,21)22/h3,6-7,9-10H,1,4-5,8,11H2,2H3,(H,23,24,28). The van der Waals surface area contributed by atoms with Crippen LogP contribution in [0.3, 0.4) is 0 Å². The number of fused-ring (bicyclic) bond motifs is 1. The molecule has 0 radical (unpaired) electrons. The van der Waals surface area contributed by atoms with E-state index in [0.29, 0.717) is 17.7 Å². The highest BCUT2D eigenvalue weighted by Crippen LogP contribution is 2.29. The molecule has 2 amide bonds. The van der Waals surface area contributed by atoms with E-state index in [9.17, 15) is 22.8 Å². The Labute approximate surface area is 159 Å². The summed E-state index contributed by atoms with van der Waals surface area (Å²) in [5.41, 5.74) is 2.36. The van der Waals surface area contributed by atoms with Gasteiger partial charge in [0.05, 0.1) is 0 Å². The van der Waals surface area contributed by atoms with Crippen molar-refractivity contribution in [1.82, 2.24) is 9.78 Å². The minimum absolute atomic E-state index is 0.0791. The fourth-order valence-electron chi connectivity index (χ4n) is 3.17. The van der Waals surface area contributed by atoms with Crippen LogP contribution in [0, 0.1) is 6.92 Å². The van der Waals surface area contributed by atoms with Crippen molar-refractivity contribution >= 4 is 23.3 Å². The van der Waals surface area contributed by atoms with Crippen LogP contribution in [0.25, 0.3) is 0 Å². The molecule has 1 aromatic heterocycles. The number of carbonyl (C=O) groups excluding carboxylic acids is 2. The van der Waals surface area contributed by atoms with E-state index < -0.39 is 18.6 Å². The predicted molar refractivity (Wildman–Crippen MR) is 98.3 cm³/mol. The average molecular weight is 392 g/mol. The second kappa shape index (κ2) is 7.49. The number of nitrogens with one attached hydrogen (secondary N) is 1. The van der Waals surface area contributed by atoms with Crippen LogP contribution in [-0.4, -0.2) is 34.3 Å². The average Bonchev–Trinajstić information content (AvgIpc) is 2.96. The number of amides is 2. The molecular formula is C19H19F3N4O2. The van der Waals surface area contributed by atoms with Crippen molar-refractivity contribution < 1.29 is 22.8 Å². The van der Waals surface area contributed by atoms with Crippen LogP contribution in [0.4, 0.5) is 24.7 Å². The van der Waals surface area contributed by atoms with Gasteiger partial charge in [-0.25, -0.2) is 0 Å². The van der Waals surface area contributed by atoms with Gasteiger partial charge in [-0.3, -0.25) is 14.3 Å². The molecule has 1 aromatic carbocycles. The Balaban J connectivity index is 1.79. The van der Waals surface area contributed by atoms with E-state index >= 15 is 0 Å².